The molecule has 0 fully saturated rings. The molecule has 0 spiro atoms. The lowest BCUT2D eigenvalue weighted by atomic mass is 9.93. The lowest BCUT2D eigenvalue weighted by Gasteiger charge is -2.17. The van der Waals surface area contributed by atoms with Gasteiger partial charge >= 0.3 is 5.63 Å². The maximum Gasteiger partial charge on any atom is 0.340 e. The normalized spacial score (nSPS) is 13.4. The van der Waals surface area contributed by atoms with E-state index in [0.717, 1.165) is 64.6 Å². The van der Waals surface area contributed by atoms with Crippen molar-refractivity contribution in [2.75, 3.05) is 13.6 Å². The highest BCUT2D eigenvalue weighted by Gasteiger charge is 2.24. The van der Waals surface area contributed by atoms with Gasteiger partial charge in [0.05, 0.1) is 12.0 Å². The van der Waals surface area contributed by atoms with Crippen LogP contribution in [-0.2, 0) is 30.5 Å². The lowest BCUT2D eigenvalue weighted by Crippen LogP contribution is -2.32. The average molecular weight is 445 g/mol. The number of amides is 1. The molecule has 1 aliphatic carbocycles. The van der Waals surface area contributed by atoms with Crippen LogP contribution in [0, 0.1) is 13.8 Å². The summed E-state index contributed by atoms with van der Waals surface area (Å²) < 4.78 is 11.9. The maximum absolute atomic E-state index is 12.9. The van der Waals surface area contributed by atoms with Crippen molar-refractivity contribution in [3.63, 3.8) is 0 Å². The fraction of sp³-hybridized carbons (Fsp3) is 0.370. The van der Waals surface area contributed by atoms with E-state index in [1.807, 2.05) is 32.0 Å². The highest BCUT2D eigenvalue weighted by molar-refractivity contribution is 6.00. The van der Waals surface area contributed by atoms with Crippen LogP contribution in [0.25, 0.3) is 21.9 Å². The monoisotopic (exact) mass is 444 g/mol. The summed E-state index contributed by atoms with van der Waals surface area (Å²) in [5.74, 6) is 0.943. The summed E-state index contributed by atoms with van der Waals surface area (Å²) in [6, 6.07) is 7.83. The molecule has 6 heteroatoms. The minimum Gasteiger partial charge on any atom is -0.460 e. The summed E-state index contributed by atoms with van der Waals surface area (Å²) in [5, 5.41) is 1.99. The number of rotatable bonds is 5. The first-order valence-corrected chi connectivity index (χ1v) is 11.6. The van der Waals surface area contributed by atoms with Crippen LogP contribution in [0.4, 0.5) is 0 Å². The minimum absolute atomic E-state index is 0.0173. The van der Waals surface area contributed by atoms with Gasteiger partial charge < -0.3 is 13.7 Å². The second-order valence-corrected chi connectivity index (χ2v) is 9.02. The SMILES string of the molecule is Cc1c(CC(=O)N(C)CCc2ccccn2)c(=O)oc2c(C)c3oc4c(c3cc12)CCCC4. The molecule has 0 aliphatic heterocycles. The molecule has 5 rings (SSSR count). The van der Waals surface area contributed by atoms with Crippen molar-refractivity contribution in [2.24, 2.45) is 0 Å². The Bertz CT molecular complexity index is 1420. The van der Waals surface area contributed by atoms with E-state index in [4.69, 9.17) is 8.83 Å². The van der Waals surface area contributed by atoms with Gasteiger partial charge in [-0.2, -0.15) is 0 Å². The maximum atomic E-state index is 12.9. The van der Waals surface area contributed by atoms with E-state index in [1.54, 1.807) is 18.1 Å². The fourth-order valence-electron chi connectivity index (χ4n) is 4.86. The molecule has 4 aromatic rings. The molecule has 0 saturated carbocycles. The van der Waals surface area contributed by atoms with Crippen LogP contribution in [0.2, 0.25) is 0 Å². The number of pyridine rings is 1. The van der Waals surface area contributed by atoms with Crippen LogP contribution < -0.4 is 5.63 Å². The Hall–Kier alpha value is -3.41. The summed E-state index contributed by atoms with van der Waals surface area (Å²) in [7, 11) is 1.76. The van der Waals surface area contributed by atoms with Gasteiger partial charge in [0.1, 0.15) is 16.9 Å². The third kappa shape index (κ3) is 3.84. The highest BCUT2D eigenvalue weighted by Crippen LogP contribution is 2.37. The number of hydrogen-bond donors (Lipinski definition) is 0. The lowest BCUT2D eigenvalue weighted by molar-refractivity contribution is -0.129. The van der Waals surface area contributed by atoms with Crippen molar-refractivity contribution in [1.82, 2.24) is 9.88 Å². The molecular formula is C27H28N2O4. The molecular weight excluding hydrogens is 416 g/mol. The number of furan rings is 1. The first kappa shape index (κ1) is 21.4. The zero-order valence-corrected chi connectivity index (χ0v) is 19.4. The Morgan fingerprint density at radius 1 is 1.06 bits per heavy atom. The van der Waals surface area contributed by atoms with Crippen molar-refractivity contribution in [3.8, 4) is 0 Å². The van der Waals surface area contributed by atoms with Gasteiger partial charge in [0.25, 0.3) is 0 Å². The Labute approximate surface area is 192 Å². The van der Waals surface area contributed by atoms with Crippen LogP contribution in [0.1, 0.15) is 46.5 Å². The number of carbonyl (C=O) groups excluding carboxylic acids is 1. The smallest absolute Gasteiger partial charge is 0.340 e. The molecule has 0 radical (unpaired) electrons. The van der Waals surface area contributed by atoms with Gasteiger partial charge in [-0.25, -0.2) is 4.79 Å². The van der Waals surface area contributed by atoms with Crippen LogP contribution in [0.3, 0.4) is 0 Å². The molecule has 1 aliphatic rings. The van der Waals surface area contributed by atoms with Gasteiger partial charge in [0.15, 0.2) is 0 Å². The zero-order chi connectivity index (χ0) is 23.1. The molecule has 3 aromatic heterocycles. The number of aryl methyl sites for hydroxylation is 4. The predicted octanol–water partition coefficient (Wildman–Crippen LogP) is 4.67. The fourth-order valence-corrected chi connectivity index (χ4v) is 4.86. The molecule has 0 unspecified atom stereocenters. The molecule has 3 heterocycles. The van der Waals surface area contributed by atoms with Crippen LogP contribution in [0.5, 0.6) is 0 Å². The number of fused-ring (bicyclic) bond motifs is 4. The first-order chi connectivity index (χ1) is 15.9. The predicted molar refractivity (Wildman–Crippen MR) is 128 cm³/mol. The number of carbonyl (C=O) groups is 1. The Morgan fingerprint density at radius 3 is 2.64 bits per heavy atom. The standard InChI is InChI=1S/C27H28N2O4/c1-16-20-14-22-19-9-4-5-10-23(19)32-26(22)17(2)25(20)33-27(31)21(16)15-24(30)29(3)13-11-18-8-6-7-12-28-18/h6-8,12,14H,4-5,9-11,13,15H2,1-3H3. The van der Waals surface area contributed by atoms with E-state index in [0.29, 0.717) is 24.1 Å². The molecule has 170 valence electrons. The number of nitrogens with zero attached hydrogens (tertiary/aromatic N) is 2. The number of hydrogen-bond acceptors (Lipinski definition) is 5. The number of benzene rings is 1. The van der Waals surface area contributed by atoms with Crippen molar-refractivity contribution in [3.05, 3.63) is 74.6 Å². The van der Waals surface area contributed by atoms with E-state index in [2.05, 4.69) is 11.1 Å². The number of aromatic nitrogens is 1. The Kier molecular flexibility index (Phi) is 5.52. The Balaban J connectivity index is 1.47. The largest absolute Gasteiger partial charge is 0.460 e. The molecule has 1 aromatic carbocycles. The van der Waals surface area contributed by atoms with Gasteiger partial charge in [-0.15, -0.1) is 0 Å². The quantitative estimate of drug-likeness (QED) is 0.418. The molecule has 0 bridgehead atoms. The third-order valence-electron chi connectivity index (χ3n) is 6.91. The number of likely N-dealkylation sites (N-methyl/N-ethyl adjacent to an activating group) is 1. The van der Waals surface area contributed by atoms with Crippen LogP contribution in [-0.4, -0.2) is 29.4 Å². The van der Waals surface area contributed by atoms with Gasteiger partial charge in [0, 0.05) is 60.2 Å². The molecule has 0 N–H and O–H groups in total. The third-order valence-corrected chi connectivity index (χ3v) is 6.91. The van der Waals surface area contributed by atoms with E-state index in [1.165, 1.54) is 5.56 Å². The molecule has 0 saturated heterocycles. The van der Waals surface area contributed by atoms with Crippen LogP contribution >= 0.6 is 0 Å². The van der Waals surface area contributed by atoms with Crippen molar-refractivity contribution < 1.29 is 13.6 Å². The average Bonchev–Trinajstić information content (AvgIpc) is 3.21. The van der Waals surface area contributed by atoms with Crippen molar-refractivity contribution in [2.45, 2.75) is 52.4 Å². The van der Waals surface area contributed by atoms with Crippen molar-refractivity contribution >= 4 is 27.8 Å². The van der Waals surface area contributed by atoms with E-state index in [-0.39, 0.29) is 12.3 Å². The Morgan fingerprint density at radius 2 is 1.85 bits per heavy atom. The van der Waals surface area contributed by atoms with Gasteiger partial charge in [0.2, 0.25) is 5.91 Å². The minimum atomic E-state index is -0.453. The summed E-state index contributed by atoms with van der Waals surface area (Å²) >= 11 is 0. The highest BCUT2D eigenvalue weighted by atomic mass is 16.4. The van der Waals surface area contributed by atoms with E-state index in [9.17, 15) is 9.59 Å². The van der Waals surface area contributed by atoms with Gasteiger partial charge in [-0.3, -0.25) is 9.78 Å². The van der Waals surface area contributed by atoms with Crippen molar-refractivity contribution in [1.29, 1.82) is 0 Å². The van der Waals surface area contributed by atoms with E-state index < -0.39 is 5.63 Å². The molecule has 1 amide bonds. The van der Waals surface area contributed by atoms with Crippen LogP contribution in [0.15, 0.2) is 44.1 Å². The second kappa shape index (κ2) is 8.50. The molecule has 0 atom stereocenters. The summed E-state index contributed by atoms with van der Waals surface area (Å²) in [6.07, 6.45) is 6.69. The molecule has 33 heavy (non-hydrogen) atoms. The summed E-state index contributed by atoms with van der Waals surface area (Å²) in [4.78, 5) is 31.8. The van der Waals surface area contributed by atoms with Gasteiger partial charge in [-0.05, 0) is 56.9 Å². The topological polar surface area (TPSA) is 76.6 Å². The van der Waals surface area contributed by atoms with E-state index >= 15 is 0 Å². The molecule has 6 nitrogen and oxygen atoms in total. The first-order valence-electron chi connectivity index (χ1n) is 11.6. The second-order valence-electron chi connectivity index (χ2n) is 9.02. The van der Waals surface area contributed by atoms with Gasteiger partial charge in [-0.1, -0.05) is 6.07 Å². The summed E-state index contributed by atoms with van der Waals surface area (Å²) in [6.45, 7) is 4.39. The summed E-state index contributed by atoms with van der Waals surface area (Å²) in [5.41, 5.74) is 5.20. The zero-order valence-electron chi connectivity index (χ0n) is 19.4.